The van der Waals surface area contributed by atoms with Crippen molar-refractivity contribution in [1.29, 1.82) is 5.26 Å². The lowest BCUT2D eigenvalue weighted by Gasteiger charge is -2.27. The van der Waals surface area contributed by atoms with E-state index in [2.05, 4.69) is 6.07 Å². The van der Waals surface area contributed by atoms with E-state index in [0.29, 0.717) is 6.42 Å². The van der Waals surface area contributed by atoms with Crippen LogP contribution in [0.4, 0.5) is 13.2 Å². The first-order valence-corrected chi connectivity index (χ1v) is 6.24. The average Bonchev–Trinajstić information content (AvgIpc) is 2.39. The lowest BCUT2D eigenvalue weighted by atomic mass is 9.87. The van der Waals surface area contributed by atoms with Gasteiger partial charge in [-0.2, -0.15) is 18.4 Å². The fourth-order valence-electron chi connectivity index (χ4n) is 2.31. The van der Waals surface area contributed by atoms with Crippen molar-refractivity contribution in [3.05, 3.63) is 29.8 Å². The fraction of sp³-hybridized carbons (Fsp3) is 0.500. The Bertz CT molecular complexity index is 478. The highest BCUT2D eigenvalue weighted by Gasteiger charge is 2.31. The van der Waals surface area contributed by atoms with Crippen LogP contribution in [0.1, 0.15) is 31.2 Å². The van der Waals surface area contributed by atoms with Gasteiger partial charge in [0.1, 0.15) is 11.9 Å². The summed E-state index contributed by atoms with van der Waals surface area (Å²) in [4.78, 5) is 0. The van der Waals surface area contributed by atoms with E-state index in [1.807, 2.05) is 0 Å². The maximum absolute atomic E-state index is 12.6. The molecule has 0 amide bonds. The molecule has 0 spiro atoms. The van der Waals surface area contributed by atoms with Crippen molar-refractivity contribution in [2.24, 2.45) is 5.92 Å². The summed E-state index contributed by atoms with van der Waals surface area (Å²) in [7, 11) is 0. The van der Waals surface area contributed by atoms with Crippen LogP contribution in [0.25, 0.3) is 0 Å². The smallest absolute Gasteiger partial charge is 0.416 e. The van der Waals surface area contributed by atoms with Crippen molar-refractivity contribution in [1.82, 2.24) is 0 Å². The fourth-order valence-corrected chi connectivity index (χ4v) is 2.31. The van der Waals surface area contributed by atoms with Crippen LogP contribution in [0.15, 0.2) is 24.3 Å². The minimum absolute atomic E-state index is 0.182. The van der Waals surface area contributed by atoms with Crippen molar-refractivity contribution in [3.8, 4) is 11.8 Å². The van der Waals surface area contributed by atoms with E-state index in [1.165, 1.54) is 12.1 Å². The highest BCUT2D eigenvalue weighted by atomic mass is 19.4. The normalized spacial score (nSPS) is 23.7. The van der Waals surface area contributed by atoms with Gasteiger partial charge in [-0.1, -0.05) is 12.5 Å². The highest BCUT2D eigenvalue weighted by Crippen LogP contribution is 2.33. The molecule has 0 aliphatic heterocycles. The molecular formula is C14H14F3NO. The minimum Gasteiger partial charge on any atom is -0.489 e. The van der Waals surface area contributed by atoms with Crippen LogP contribution in [0.3, 0.4) is 0 Å². The molecule has 1 aliphatic rings. The van der Waals surface area contributed by atoms with Crippen molar-refractivity contribution in [2.75, 3.05) is 0 Å². The molecule has 1 aromatic rings. The predicted octanol–water partition coefficient (Wildman–Crippen LogP) is 4.17. The van der Waals surface area contributed by atoms with Crippen LogP contribution in [0.2, 0.25) is 0 Å². The lowest BCUT2D eigenvalue weighted by Crippen LogP contribution is -2.29. The molecule has 2 nitrogen and oxygen atoms in total. The van der Waals surface area contributed by atoms with E-state index in [1.54, 1.807) is 0 Å². The number of hydrogen-bond acceptors (Lipinski definition) is 2. The Labute approximate surface area is 109 Å². The molecule has 2 rings (SSSR count). The largest absolute Gasteiger partial charge is 0.489 e. The molecule has 0 aromatic heterocycles. The first-order chi connectivity index (χ1) is 9.00. The number of benzene rings is 1. The molecule has 102 valence electrons. The standard InChI is InChI=1S/C14H14F3NO/c15-14(16,17)11-5-3-6-12(8-11)19-13-7-2-1-4-10(13)9-18/h3,5-6,8,10,13H,1-2,4,7H2. The molecule has 5 heteroatoms. The molecule has 19 heavy (non-hydrogen) atoms. The summed E-state index contributed by atoms with van der Waals surface area (Å²) in [5.41, 5.74) is -0.727. The van der Waals surface area contributed by atoms with Gasteiger partial charge >= 0.3 is 6.18 Å². The van der Waals surface area contributed by atoms with E-state index in [0.717, 1.165) is 31.4 Å². The predicted molar refractivity (Wildman–Crippen MR) is 63.4 cm³/mol. The molecular weight excluding hydrogens is 255 g/mol. The summed E-state index contributed by atoms with van der Waals surface area (Å²) in [6.07, 6.45) is -1.29. The summed E-state index contributed by atoms with van der Waals surface area (Å²) < 4.78 is 43.3. The van der Waals surface area contributed by atoms with Gasteiger partial charge in [-0.25, -0.2) is 0 Å². The number of halogens is 3. The molecule has 2 unspecified atom stereocenters. The average molecular weight is 269 g/mol. The van der Waals surface area contributed by atoms with Gasteiger partial charge in [0.25, 0.3) is 0 Å². The van der Waals surface area contributed by atoms with Gasteiger partial charge in [0.2, 0.25) is 0 Å². The van der Waals surface area contributed by atoms with Crippen LogP contribution in [0.5, 0.6) is 5.75 Å². The zero-order valence-electron chi connectivity index (χ0n) is 10.3. The van der Waals surface area contributed by atoms with Crippen LogP contribution in [-0.2, 0) is 6.18 Å². The van der Waals surface area contributed by atoms with Crippen molar-refractivity contribution < 1.29 is 17.9 Å². The molecule has 1 aromatic carbocycles. The monoisotopic (exact) mass is 269 g/mol. The van der Waals surface area contributed by atoms with Gasteiger partial charge in [0.15, 0.2) is 0 Å². The van der Waals surface area contributed by atoms with Crippen LogP contribution < -0.4 is 4.74 Å². The van der Waals surface area contributed by atoms with Crippen LogP contribution >= 0.6 is 0 Å². The number of nitrogens with zero attached hydrogens (tertiary/aromatic N) is 1. The quantitative estimate of drug-likeness (QED) is 0.807. The molecule has 0 heterocycles. The molecule has 0 radical (unpaired) electrons. The van der Waals surface area contributed by atoms with Gasteiger partial charge in [0, 0.05) is 0 Å². The Morgan fingerprint density at radius 3 is 2.63 bits per heavy atom. The van der Waals surface area contributed by atoms with E-state index >= 15 is 0 Å². The van der Waals surface area contributed by atoms with E-state index in [9.17, 15) is 13.2 Å². The van der Waals surface area contributed by atoms with Gasteiger partial charge in [0.05, 0.1) is 17.6 Å². The Morgan fingerprint density at radius 2 is 1.95 bits per heavy atom. The van der Waals surface area contributed by atoms with Gasteiger partial charge in [-0.3, -0.25) is 0 Å². The van der Waals surface area contributed by atoms with E-state index in [-0.39, 0.29) is 17.8 Å². The molecule has 1 fully saturated rings. The first kappa shape index (κ1) is 13.7. The number of alkyl halides is 3. The maximum atomic E-state index is 12.6. The Balaban J connectivity index is 2.12. The van der Waals surface area contributed by atoms with E-state index in [4.69, 9.17) is 10.00 Å². The summed E-state index contributed by atoms with van der Waals surface area (Å²) in [6, 6.07) is 6.99. The Morgan fingerprint density at radius 1 is 1.21 bits per heavy atom. The number of ether oxygens (including phenoxy) is 1. The molecule has 0 N–H and O–H groups in total. The summed E-state index contributed by atoms with van der Waals surface area (Å²) in [6.45, 7) is 0. The second kappa shape index (κ2) is 5.52. The van der Waals surface area contributed by atoms with Crippen LogP contribution in [0, 0.1) is 17.2 Å². The van der Waals surface area contributed by atoms with Crippen molar-refractivity contribution in [2.45, 2.75) is 38.0 Å². The molecule has 0 bridgehead atoms. The summed E-state index contributed by atoms with van der Waals surface area (Å²) in [5.74, 6) is -0.0507. The zero-order valence-corrected chi connectivity index (χ0v) is 10.3. The summed E-state index contributed by atoms with van der Waals surface area (Å²) >= 11 is 0. The van der Waals surface area contributed by atoms with Gasteiger partial charge in [-0.05, 0) is 37.5 Å². The number of rotatable bonds is 2. The number of hydrogen-bond donors (Lipinski definition) is 0. The highest BCUT2D eigenvalue weighted by molar-refractivity contribution is 5.30. The third-order valence-corrected chi connectivity index (χ3v) is 3.32. The third kappa shape index (κ3) is 3.40. The summed E-state index contributed by atoms with van der Waals surface area (Å²) in [5, 5.41) is 9.01. The van der Waals surface area contributed by atoms with Gasteiger partial charge < -0.3 is 4.74 Å². The minimum atomic E-state index is -4.37. The topological polar surface area (TPSA) is 33.0 Å². The van der Waals surface area contributed by atoms with E-state index < -0.39 is 11.7 Å². The second-order valence-electron chi connectivity index (χ2n) is 4.70. The maximum Gasteiger partial charge on any atom is 0.416 e. The SMILES string of the molecule is N#CC1CCCCC1Oc1cccc(C(F)(F)F)c1. The number of nitriles is 1. The van der Waals surface area contributed by atoms with Gasteiger partial charge in [-0.15, -0.1) is 0 Å². The Hall–Kier alpha value is -1.70. The molecule has 2 atom stereocenters. The Kier molecular flexibility index (Phi) is 3.98. The first-order valence-electron chi connectivity index (χ1n) is 6.24. The second-order valence-corrected chi connectivity index (χ2v) is 4.70. The molecule has 1 saturated carbocycles. The zero-order chi connectivity index (χ0) is 13.9. The van der Waals surface area contributed by atoms with Crippen LogP contribution in [-0.4, -0.2) is 6.10 Å². The van der Waals surface area contributed by atoms with Crippen molar-refractivity contribution in [3.63, 3.8) is 0 Å². The molecule has 1 aliphatic carbocycles. The molecule has 0 saturated heterocycles. The lowest BCUT2D eigenvalue weighted by molar-refractivity contribution is -0.137. The third-order valence-electron chi connectivity index (χ3n) is 3.32. The van der Waals surface area contributed by atoms with Crippen molar-refractivity contribution >= 4 is 0 Å².